The van der Waals surface area contributed by atoms with Crippen LogP contribution >= 0.6 is 0 Å². The number of aromatic nitrogens is 1. The van der Waals surface area contributed by atoms with Gasteiger partial charge in [0.15, 0.2) is 0 Å². The Morgan fingerprint density at radius 2 is 1.91 bits per heavy atom. The number of sulfonamides is 1. The van der Waals surface area contributed by atoms with Crippen molar-refractivity contribution in [1.82, 2.24) is 9.29 Å². The van der Waals surface area contributed by atoms with Crippen LogP contribution in [0.3, 0.4) is 0 Å². The number of anilines is 1. The first kappa shape index (κ1) is 20.9. The van der Waals surface area contributed by atoms with Gasteiger partial charge in [0, 0.05) is 54.4 Å². The van der Waals surface area contributed by atoms with Crippen LogP contribution in [-0.2, 0) is 14.8 Å². The summed E-state index contributed by atoms with van der Waals surface area (Å²) in [6, 6.07) is 9.75. The summed E-state index contributed by atoms with van der Waals surface area (Å²) in [5, 5.41) is 0.928. The minimum atomic E-state index is -3.66. The molecule has 32 heavy (non-hydrogen) atoms. The highest BCUT2D eigenvalue weighted by atomic mass is 32.2. The minimum Gasteiger partial charge on any atom is -0.360 e. The molecule has 3 heterocycles. The van der Waals surface area contributed by atoms with Crippen molar-refractivity contribution in [3.05, 3.63) is 65.6 Å². The monoisotopic (exact) mass is 453 g/mol. The van der Waals surface area contributed by atoms with Gasteiger partial charge in [-0.25, -0.2) is 12.8 Å². The second-order valence-corrected chi connectivity index (χ2v) is 10.2. The Hall–Kier alpha value is -2.97. The van der Waals surface area contributed by atoms with E-state index in [1.807, 2.05) is 12.3 Å². The molecule has 1 saturated heterocycles. The number of fused-ring (bicyclic) bond motifs is 1. The number of nitrogens with one attached hydrogen (secondary N) is 1. The van der Waals surface area contributed by atoms with Crippen LogP contribution in [0, 0.1) is 12.7 Å². The lowest BCUT2D eigenvalue weighted by Crippen LogP contribution is -2.35. The standard InChI is InChI=1S/C24H24FN3O3S/c1-16-13-19(28-10-2-3-24(28)29)5-7-23(16)32(30,31)27-11-8-17(9-12-27)21-15-26-22-14-18(25)4-6-20(21)22/h4-8,13-15,26H,2-3,9-12H2,1H3. The van der Waals surface area contributed by atoms with E-state index in [0.717, 1.165) is 34.1 Å². The first-order valence-electron chi connectivity index (χ1n) is 10.7. The molecule has 0 bridgehead atoms. The summed E-state index contributed by atoms with van der Waals surface area (Å²) < 4.78 is 41.6. The van der Waals surface area contributed by atoms with Crippen LogP contribution in [0.25, 0.3) is 16.5 Å². The lowest BCUT2D eigenvalue weighted by Gasteiger charge is -2.27. The zero-order valence-corrected chi connectivity index (χ0v) is 18.6. The highest BCUT2D eigenvalue weighted by Crippen LogP contribution is 2.32. The second kappa shape index (κ2) is 7.86. The first-order valence-corrected chi connectivity index (χ1v) is 12.2. The van der Waals surface area contributed by atoms with Crippen LogP contribution in [0.15, 0.2) is 53.6 Å². The molecule has 0 aliphatic carbocycles. The van der Waals surface area contributed by atoms with Crippen LogP contribution in [-0.4, -0.2) is 43.2 Å². The summed E-state index contributed by atoms with van der Waals surface area (Å²) in [6.45, 7) is 3.09. The van der Waals surface area contributed by atoms with Gasteiger partial charge in [0.05, 0.1) is 4.90 Å². The fraction of sp³-hybridized carbons (Fsp3) is 0.292. The van der Waals surface area contributed by atoms with E-state index in [9.17, 15) is 17.6 Å². The quantitative estimate of drug-likeness (QED) is 0.643. The Balaban J connectivity index is 1.38. The van der Waals surface area contributed by atoms with Crippen molar-refractivity contribution >= 4 is 38.1 Å². The molecular formula is C24H24FN3O3S. The molecule has 166 valence electrons. The zero-order chi connectivity index (χ0) is 22.5. The number of hydrogen-bond donors (Lipinski definition) is 1. The number of aromatic amines is 1. The minimum absolute atomic E-state index is 0.0775. The van der Waals surface area contributed by atoms with E-state index in [0.29, 0.717) is 31.5 Å². The molecule has 2 aliphatic rings. The maximum absolute atomic E-state index is 13.5. The summed E-state index contributed by atoms with van der Waals surface area (Å²) in [5.41, 5.74) is 4.14. The van der Waals surface area contributed by atoms with Crippen LogP contribution in [0.5, 0.6) is 0 Å². The van der Waals surface area contributed by atoms with Crippen LogP contribution < -0.4 is 4.90 Å². The highest BCUT2D eigenvalue weighted by molar-refractivity contribution is 7.89. The highest BCUT2D eigenvalue weighted by Gasteiger charge is 2.29. The summed E-state index contributed by atoms with van der Waals surface area (Å²) >= 11 is 0. The molecule has 1 fully saturated rings. The van der Waals surface area contributed by atoms with E-state index in [2.05, 4.69) is 4.98 Å². The van der Waals surface area contributed by atoms with Gasteiger partial charge in [-0.3, -0.25) is 4.79 Å². The predicted octanol–water partition coefficient (Wildman–Crippen LogP) is 4.22. The molecule has 3 aromatic rings. The Morgan fingerprint density at radius 1 is 1.06 bits per heavy atom. The molecule has 0 unspecified atom stereocenters. The number of aryl methyl sites for hydroxylation is 1. The largest absolute Gasteiger partial charge is 0.360 e. The number of amides is 1. The third kappa shape index (κ3) is 3.53. The number of nitrogens with zero attached hydrogens (tertiary/aromatic N) is 2. The summed E-state index contributed by atoms with van der Waals surface area (Å²) in [4.78, 5) is 17.1. The smallest absolute Gasteiger partial charge is 0.243 e. The number of benzene rings is 2. The topological polar surface area (TPSA) is 73.5 Å². The van der Waals surface area contributed by atoms with Gasteiger partial charge in [0.25, 0.3) is 0 Å². The van der Waals surface area contributed by atoms with Gasteiger partial charge in [-0.2, -0.15) is 4.31 Å². The van der Waals surface area contributed by atoms with Crippen LogP contribution in [0.1, 0.15) is 30.4 Å². The first-order chi connectivity index (χ1) is 15.3. The third-order valence-corrected chi connectivity index (χ3v) is 8.35. The molecule has 1 aromatic heterocycles. The lowest BCUT2D eigenvalue weighted by atomic mass is 10.00. The molecule has 8 heteroatoms. The molecule has 0 spiro atoms. The lowest BCUT2D eigenvalue weighted by molar-refractivity contribution is -0.117. The SMILES string of the molecule is Cc1cc(N2CCCC2=O)ccc1S(=O)(=O)N1CC=C(c2c[nH]c3cc(F)ccc23)CC1. The third-order valence-electron chi connectivity index (χ3n) is 6.32. The second-order valence-electron chi connectivity index (χ2n) is 8.33. The number of carbonyl (C=O) groups is 1. The van der Waals surface area contributed by atoms with Gasteiger partial charge < -0.3 is 9.88 Å². The van der Waals surface area contributed by atoms with E-state index in [4.69, 9.17) is 0 Å². The average Bonchev–Trinajstić information content (AvgIpc) is 3.39. The van der Waals surface area contributed by atoms with E-state index < -0.39 is 10.0 Å². The Kier molecular flexibility index (Phi) is 5.14. The number of halogens is 1. The molecule has 0 atom stereocenters. The maximum Gasteiger partial charge on any atom is 0.243 e. The van der Waals surface area contributed by atoms with Crippen molar-refractivity contribution in [2.45, 2.75) is 31.1 Å². The fourth-order valence-corrected chi connectivity index (χ4v) is 6.22. The van der Waals surface area contributed by atoms with Crippen molar-refractivity contribution in [1.29, 1.82) is 0 Å². The molecule has 5 rings (SSSR count). The van der Waals surface area contributed by atoms with Crippen molar-refractivity contribution in [2.75, 3.05) is 24.5 Å². The number of rotatable bonds is 4. The molecule has 2 aliphatic heterocycles. The Bertz CT molecular complexity index is 1360. The van der Waals surface area contributed by atoms with Gasteiger partial charge >= 0.3 is 0 Å². The van der Waals surface area contributed by atoms with Gasteiger partial charge in [-0.05, 0) is 67.3 Å². The van der Waals surface area contributed by atoms with E-state index in [1.165, 1.54) is 16.4 Å². The van der Waals surface area contributed by atoms with Gasteiger partial charge in [-0.1, -0.05) is 6.08 Å². The molecule has 1 N–H and O–H groups in total. The normalized spacial score (nSPS) is 17.9. The number of H-pyrrole nitrogens is 1. The molecule has 0 radical (unpaired) electrons. The number of hydrogen-bond acceptors (Lipinski definition) is 3. The molecule has 0 saturated carbocycles. The average molecular weight is 454 g/mol. The van der Waals surface area contributed by atoms with Crippen molar-refractivity contribution in [3.63, 3.8) is 0 Å². The molecule has 2 aromatic carbocycles. The van der Waals surface area contributed by atoms with Gasteiger partial charge in [0.1, 0.15) is 5.82 Å². The summed E-state index contributed by atoms with van der Waals surface area (Å²) in [5.74, 6) is -0.218. The number of carbonyl (C=O) groups excluding carboxylic acids is 1. The van der Waals surface area contributed by atoms with Crippen molar-refractivity contribution < 1.29 is 17.6 Å². The van der Waals surface area contributed by atoms with E-state index >= 15 is 0 Å². The zero-order valence-electron chi connectivity index (χ0n) is 17.8. The van der Waals surface area contributed by atoms with Crippen molar-refractivity contribution in [3.8, 4) is 0 Å². The van der Waals surface area contributed by atoms with E-state index in [1.54, 1.807) is 36.1 Å². The van der Waals surface area contributed by atoms with Crippen molar-refractivity contribution in [2.24, 2.45) is 0 Å². The summed E-state index contributed by atoms with van der Waals surface area (Å²) in [7, 11) is -3.66. The molecule has 6 nitrogen and oxygen atoms in total. The molecule has 1 amide bonds. The molecular weight excluding hydrogens is 429 g/mol. The van der Waals surface area contributed by atoms with Gasteiger partial charge in [0.2, 0.25) is 15.9 Å². The van der Waals surface area contributed by atoms with Crippen LogP contribution in [0.4, 0.5) is 10.1 Å². The summed E-state index contributed by atoms with van der Waals surface area (Å²) in [6.07, 6.45) is 5.71. The maximum atomic E-state index is 13.5. The Labute approximate surface area is 186 Å². The fourth-order valence-electron chi connectivity index (χ4n) is 4.63. The van der Waals surface area contributed by atoms with E-state index in [-0.39, 0.29) is 23.2 Å². The Morgan fingerprint density at radius 3 is 2.59 bits per heavy atom. The van der Waals surface area contributed by atoms with Gasteiger partial charge in [-0.15, -0.1) is 0 Å². The van der Waals surface area contributed by atoms with Crippen LogP contribution in [0.2, 0.25) is 0 Å². The predicted molar refractivity (Wildman–Crippen MR) is 122 cm³/mol.